The number of nitrogens with zero attached hydrogens (tertiary/aromatic N) is 1. The average Bonchev–Trinajstić information content (AvgIpc) is 2.38. The van der Waals surface area contributed by atoms with Gasteiger partial charge in [-0.3, -0.25) is 5.32 Å². The Kier molecular flexibility index (Phi) is 5.22. The lowest BCUT2D eigenvalue weighted by molar-refractivity contribution is 0.0908. The fraction of sp³-hybridized carbons (Fsp3) is 0.500. The molecule has 5 heteroatoms. The number of benzene rings is 1. The van der Waals surface area contributed by atoms with E-state index in [1.54, 1.807) is 0 Å². The van der Waals surface area contributed by atoms with E-state index in [9.17, 15) is 4.79 Å². The molecule has 1 amide bonds. The summed E-state index contributed by atoms with van der Waals surface area (Å²) >= 11 is 3.36. The maximum absolute atomic E-state index is 11.7. The van der Waals surface area contributed by atoms with Crippen LogP contribution in [0.25, 0.3) is 0 Å². The molecule has 2 rings (SSSR count). The Morgan fingerprint density at radius 2 is 2.37 bits per heavy atom. The molecule has 1 atom stereocenters. The number of amides is 1. The van der Waals surface area contributed by atoms with Gasteiger partial charge < -0.3 is 9.64 Å². The van der Waals surface area contributed by atoms with Crippen LogP contribution in [-0.2, 0) is 4.74 Å². The molecule has 0 spiro atoms. The monoisotopic (exact) mass is 326 g/mol. The van der Waals surface area contributed by atoms with Gasteiger partial charge in [0.2, 0.25) is 0 Å². The Labute approximate surface area is 122 Å². The number of carbonyl (C=O) groups is 1. The molecule has 0 aliphatic carbocycles. The maximum atomic E-state index is 11.7. The lowest BCUT2D eigenvalue weighted by Gasteiger charge is -2.31. The molecule has 1 aliphatic heterocycles. The number of hydrogen-bond acceptors (Lipinski definition) is 3. The summed E-state index contributed by atoms with van der Waals surface area (Å²) in [5.41, 5.74) is 0.733. The first-order valence-electron chi connectivity index (χ1n) is 6.55. The molecule has 104 valence electrons. The third-order valence-corrected chi connectivity index (χ3v) is 3.89. The van der Waals surface area contributed by atoms with Crippen LogP contribution < -0.4 is 5.32 Å². The van der Waals surface area contributed by atoms with E-state index < -0.39 is 6.09 Å². The smallest absolute Gasteiger partial charge is 0.411 e. The molecule has 1 unspecified atom stereocenters. The summed E-state index contributed by atoms with van der Waals surface area (Å²) in [6.45, 7) is 1.54. The predicted octanol–water partition coefficient (Wildman–Crippen LogP) is 3.48. The number of likely N-dealkylation sites (N-methyl/N-ethyl adjacent to an activating group) is 1. The zero-order chi connectivity index (χ0) is 13.7. The van der Waals surface area contributed by atoms with Gasteiger partial charge in [0.1, 0.15) is 6.61 Å². The van der Waals surface area contributed by atoms with Crippen LogP contribution in [0, 0.1) is 0 Å². The van der Waals surface area contributed by atoms with Crippen molar-refractivity contribution in [2.45, 2.75) is 25.3 Å². The number of ether oxygens (including phenoxy) is 1. The van der Waals surface area contributed by atoms with Crippen molar-refractivity contribution < 1.29 is 9.53 Å². The van der Waals surface area contributed by atoms with E-state index in [1.165, 1.54) is 12.8 Å². The number of halogens is 1. The molecule has 1 aliphatic rings. The Hall–Kier alpha value is -1.07. The van der Waals surface area contributed by atoms with Crippen LogP contribution in [0.2, 0.25) is 0 Å². The summed E-state index contributed by atoms with van der Waals surface area (Å²) in [5.74, 6) is 0. The zero-order valence-corrected chi connectivity index (χ0v) is 12.6. The second-order valence-corrected chi connectivity index (χ2v) is 5.78. The van der Waals surface area contributed by atoms with Crippen LogP contribution in [0.1, 0.15) is 19.3 Å². The molecule has 0 radical (unpaired) electrons. The number of nitrogens with one attached hydrogen (secondary N) is 1. The van der Waals surface area contributed by atoms with Gasteiger partial charge >= 0.3 is 6.09 Å². The van der Waals surface area contributed by atoms with Gasteiger partial charge in [-0.25, -0.2) is 4.79 Å². The molecule has 19 heavy (non-hydrogen) atoms. The van der Waals surface area contributed by atoms with Gasteiger partial charge in [0.25, 0.3) is 0 Å². The average molecular weight is 327 g/mol. The number of rotatable bonds is 3. The van der Waals surface area contributed by atoms with Crippen LogP contribution in [0.4, 0.5) is 10.5 Å². The molecule has 1 saturated heterocycles. The van der Waals surface area contributed by atoms with Crippen molar-refractivity contribution in [3.63, 3.8) is 0 Å². The molecule has 0 bridgehead atoms. The molecule has 1 heterocycles. The standard InChI is InChI=1S/C14H19BrN2O2/c1-17-8-3-2-7-13(17)10-19-14(18)16-12-6-4-5-11(15)9-12/h4-6,9,13H,2-3,7-8,10H2,1H3,(H,16,18). The first-order chi connectivity index (χ1) is 9.15. The Bertz CT molecular complexity index is 439. The molecule has 0 aromatic heterocycles. The van der Waals surface area contributed by atoms with Gasteiger partial charge in [-0.15, -0.1) is 0 Å². The van der Waals surface area contributed by atoms with Gasteiger partial charge in [0.15, 0.2) is 0 Å². The third-order valence-electron chi connectivity index (χ3n) is 3.40. The minimum absolute atomic E-state index is 0.349. The highest BCUT2D eigenvalue weighted by atomic mass is 79.9. The van der Waals surface area contributed by atoms with Crippen LogP contribution in [-0.4, -0.2) is 37.2 Å². The largest absolute Gasteiger partial charge is 0.448 e. The van der Waals surface area contributed by atoms with Crippen molar-refractivity contribution in [3.8, 4) is 0 Å². The van der Waals surface area contributed by atoms with E-state index in [2.05, 4.69) is 33.2 Å². The minimum Gasteiger partial charge on any atom is -0.448 e. The number of likely N-dealkylation sites (tertiary alicyclic amines) is 1. The summed E-state index contributed by atoms with van der Waals surface area (Å²) in [7, 11) is 2.08. The minimum atomic E-state index is -0.392. The topological polar surface area (TPSA) is 41.6 Å². The number of carbonyl (C=O) groups excluding carboxylic acids is 1. The number of anilines is 1. The van der Waals surface area contributed by atoms with Gasteiger partial charge in [0.05, 0.1) is 0 Å². The van der Waals surface area contributed by atoms with Gasteiger partial charge in [-0.2, -0.15) is 0 Å². The molecule has 4 nitrogen and oxygen atoms in total. The van der Waals surface area contributed by atoms with Crippen molar-refractivity contribution in [3.05, 3.63) is 28.7 Å². The molecule has 1 aromatic carbocycles. The molecular weight excluding hydrogens is 308 g/mol. The molecule has 1 aromatic rings. The number of hydrogen-bond donors (Lipinski definition) is 1. The second-order valence-electron chi connectivity index (χ2n) is 4.86. The fourth-order valence-corrected chi connectivity index (χ4v) is 2.65. The van der Waals surface area contributed by atoms with Crippen LogP contribution in [0.5, 0.6) is 0 Å². The summed E-state index contributed by atoms with van der Waals surface area (Å²) in [4.78, 5) is 14.0. The summed E-state index contributed by atoms with van der Waals surface area (Å²) in [5, 5.41) is 2.73. The molecule has 0 saturated carbocycles. The molecular formula is C14H19BrN2O2. The van der Waals surface area contributed by atoms with E-state index in [1.807, 2.05) is 24.3 Å². The Balaban J connectivity index is 1.78. The van der Waals surface area contributed by atoms with Crippen LogP contribution >= 0.6 is 15.9 Å². The highest BCUT2D eigenvalue weighted by Crippen LogP contribution is 2.17. The Morgan fingerprint density at radius 3 is 3.11 bits per heavy atom. The SMILES string of the molecule is CN1CCCCC1COC(=O)Nc1cccc(Br)c1. The van der Waals surface area contributed by atoms with Crippen molar-refractivity contribution in [2.24, 2.45) is 0 Å². The van der Waals surface area contributed by atoms with Gasteiger partial charge in [0, 0.05) is 16.2 Å². The highest BCUT2D eigenvalue weighted by Gasteiger charge is 2.20. The molecule has 1 N–H and O–H groups in total. The maximum Gasteiger partial charge on any atom is 0.411 e. The first-order valence-corrected chi connectivity index (χ1v) is 7.34. The van der Waals surface area contributed by atoms with E-state index >= 15 is 0 Å². The predicted molar refractivity (Wildman–Crippen MR) is 79.4 cm³/mol. The normalized spacial score (nSPS) is 20.0. The van der Waals surface area contributed by atoms with Crippen molar-refractivity contribution in [2.75, 3.05) is 25.5 Å². The van der Waals surface area contributed by atoms with Crippen molar-refractivity contribution in [1.29, 1.82) is 0 Å². The van der Waals surface area contributed by atoms with Crippen LogP contribution in [0.3, 0.4) is 0 Å². The Morgan fingerprint density at radius 1 is 1.53 bits per heavy atom. The summed E-state index contributed by atoms with van der Waals surface area (Å²) in [6.07, 6.45) is 3.15. The van der Waals surface area contributed by atoms with E-state index in [0.717, 1.165) is 23.1 Å². The number of piperidine rings is 1. The van der Waals surface area contributed by atoms with Gasteiger partial charge in [-0.1, -0.05) is 28.4 Å². The highest BCUT2D eigenvalue weighted by molar-refractivity contribution is 9.10. The van der Waals surface area contributed by atoms with E-state index in [-0.39, 0.29) is 0 Å². The summed E-state index contributed by atoms with van der Waals surface area (Å²) in [6, 6.07) is 7.80. The van der Waals surface area contributed by atoms with Crippen molar-refractivity contribution >= 4 is 27.7 Å². The second kappa shape index (κ2) is 6.91. The lowest BCUT2D eigenvalue weighted by Crippen LogP contribution is -2.40. The van der Waals surface area contributed by atoms with Crippen LogP contribution in [0.15, 0.2) is 28.7 Å². The lowest BCUT2D eigenvalue weighted by atomic mass is 10.0. The quantitative estimate of drug-likeness (QED) is 0.924. The first kappa shape index (κ1) is 14.3. The fourth-order valence-electron chi connectivity index (χ4n) is 2.25. The zero-order valence-electron chi connectivity index (χ0n) is 11.1. The van der Waals surface area contributed by atoms with E-state index in [0.29, 0.717) is 12.6 Å². The van der Waals surface area contributed by atoms with E-state index in [4.69, 9.17) is 4.74 Å². The molecule has 1 fully saturated rings. The van der Waals surface area contributed by atoms with Gasteiger partial charge in [-0.05, 0) is 44.6 Å². The van der Waals surface area contributed by atoms with Crippen molar-refractivity contribution in [1.82, 2.24) is 4.90 Å². The summed E-state index contributed by atoms with van der Waals surface area (Å²) < 4.78 is 6.22. The third kappa shape index (κ3) is 4.51.